The molecule has 0 atom stereocenters. The summed E-state index contributed by atoms with van der Waals surface area (Å²) >= 11 is 0. The van der Waals surface area contributed by atoms with Gasteiger partial charge in [-0.1, -0.05) is 18.6 Å². The van der Waals surface area contributed by atoms with Crippen LogP contribution >= 0.6 is 0 Å². The first-order valence-electron chi connectivity index (χ1n) is 10.5. The van der Waals surface area contributed by atoms with E-state index in [4.69, 9.17) is 9.73 Å². The second-order valence-electron chi connectivity index (χ2n) is 8.00. The Morgan fingerprint density at radius 2 is 1.79 bits per heavy atom. The van der Waals surface area contributed by atoms with Crippen molar-refractivity contribution in [1.29, 1.82) is 0 Å². The van der Waals surface area contributed by atoms with Gasteiger partial charge in [-0.15, -0.1) is 0 Å². The first-order valence-corrected chi connectivity index (χ1v) is 10.5. The minimum Gasteiger partial charge on any atom is -0.378 e. The van der Waals surface area contributed by atoms with E-state index in [1.807, 2.05) is 6.20 Å². The number of likely N-dealkylation sites (tertiary alicyclic amines) is 1. The maximum Gasteiger partial charge on any atom is 0.129 e. The van der Waals surface area contributed by atoms with Gasteiger partial charge in [0.05, 0.1) is 25.5 Å². The van der Waals surface area contributed by atoms with Crippen molar-refractivity contribution in [3.8, 4) is 0 Å². The minimum atomic E-state index is 0.773. The lowest BCUT2D eigenvalue weighted by Crippen LogP contribution is -2.36. The molecule has 28 heavy (non-hydrogen) atoms. The number of pyridine rings is 1. The van der Waals surface area contributed by atoms with Crippen molar-refractivity contribution in [1.82, 2.24) is 9.88 Å². The second-order valence-corrected chi connectivity index (χ2v) is 8.00. The topological polar surface area (TPSA) is 41.0 Å². The Morgan fingerprint density at radius 3 is 2.64 bits per heavy atom. The molecule has 1 aromatic heterocycles. The summed E-state index contributed by atoms with van der Waals surface area (Å²) < 4.78 is 5.48. The standard InChI is InChI=1S/C23H28N4O/c1-2-8-26(9-3-1)17-18-4-5-20-16-25-23(21(20)14-18)19-6-7-24-22(15-19)27-10-12-28-13-11-27/h4-7,14-15H,1-3,8-13,16-17H2. The van der Waals surface area contributed by atoms with Crippen molar-refractivity contribution in [2.75, 3.05) is 44.3 Å². The van der Waals surface area contributed by atoms with Crippen LogP contribution in [-0.2, 0) is 17.8 Å². The number of anilines is 1. The van der Waals surface area contributed by atoms with Crippen molar-refractivity contribution < 1.29 is 4.74 Å². The number of rotatable bonds is 4. The molecule has 146 valence electrons. The molecule has 0 bridgehead atoms. The lowest BCUT2D eigenvalue weighted by Gasteiger charge is -2.28. The number of hydrogen-bond donors (Lipinski definition) is 0. The molecule has 5 rings (SSSR count). The van der Waals surface area contributed by atoms with Crippen LogP contribution in [0.5, 0.6) is 0 Å². The van der Waals surface area contributed by atoms with Crippen LogP contribution in [0.1, 0.15) is 41.5 Å². The summed E-state index contributed by atoms with van der Waals surface area (Å²) in [5.74, 6) is 1.03. The number of morpholine rings is 1. The Balaban J connectivity index is 1.38. The van der Waals surface area contributed by atoms with Gasteiger partial charge in [0.2, 0.25) is 0 Å². The molecule has 0 unspecified atom stereocenters. The third kappa shape index (κ3) is 3.69. The van der Waals surface area contributed by atoms with Crippen LogP contribution in [-0.4, -0.2) is 55.0 Å². The molecule has 0 amide bonds. The largest absolute Gasteiger partial charge is 0.378 e. The zero-order valence-corrected chi connectivity index (χ0v) is 16.4. The predicted octanol–water partition coefficient (Wildman–Crippen LogP) is 3.26. The first kappa shape index (κ1) is 17.8. The van der Waals surface area contributed by atoms with Gasteiger partial charge >= 0.3 is 0 Å². The molecule has 0 aliphatic carbocycles. The van der Waals surface area contributed by atoms with Crippen molar-refractivity contribution in [2.24, 2.45) is 4.99 Å². The van der Waals surface area contributed by atoms with E-state index in [1.165, 1.54) is 54.6 Å². The Hall–Kier alpha value is -2.24. The molecule has 3 aliphatic rings. The zero-order valence-electron chi connectivity index (χ0n) is 16.4. The fourth-order valence-corrected chi connectivity index (χ4v) is 4.48. The van der Waals surface area contributed by atoms with Gasteiger partial charge in [-0.2, -0.15) is 0 Å². The van der Waals surface area contributed by atoms with Crippen LogP contribution in [0.15, 0.2) is 41.5 Å². The van der Waals surface area contributed by atoms with Crippen LogP contribution in [0.2, 0.25) is 0 Å². The molecule has 5 heteroatoms. The molecule has 2 aromatic rings. The van der Waals surface area contributed by atoms with Gasteiger partial charge in [0.25, 0.3) is 0 Å². The number of benzene rings is 1. The molecule has 0 saturated carbocycles. The van der Waals surface area contributed by atoms with Crippen LogP contribution < -0.4 is 4.90 Å². The van der Waals surface area contributed by atoms with E-state index >= 15 is 0 Å². The quantitative estimate of drug-likeness (QED) is 0.821. The number of ether oxygens (including phenoxy) is 1. The summed E-state index contributed by atoms with van der Waals surface area (Å²) in [5, 5.41) is 0. The third-order valence-corrected chi connectivity index (χ3v) is 6.05. The Kier molecular flexibility index (Phi) is 5.10. The summed E-state index contributed by atoms with van der Waals surface area (Å²) in [6.45, 7) is 7.64. The SMILES string of the molecule is c1cc(C2=NCc3ccc(CN4CCCCC4)cc32)cc(N2CCOCC2)n1. The maximum atomic E-state index is 5.48. The molecule has 3 aliphatic heterocycles. The Bertz CT molecular complexity index is 867. The Labute approximate surface area is 167 Å². The smallest absolute Gasteiger partial charge is 0.129 e. The van der Waals surface area contributed by atoms with Gasteiger partial charge < -0.3 is 9.64 Å². The average Bonchev–Trinajstić information content (AvgIpc) is 3.18. The molecular formula is C23H28N4O. The zero-order chi connectivity index (χ0) is 18.8. The predicted molar refractivity (Wildman–Crippen MR) is 112 cm³/mol. The van der Waals surface area contributed by atoms with Crippen molar-refractivity contribution >= 4 is 11.5 Å². The average molecular weight is 377 g/mol. The number of aliphatic imine (C=N–C) groups is 1. The highest BCUT2D eigenvalue weighted by Gasteiger charge is 2.21. The summed E-state index contributed by atoms with van der Waals surface area (Å²) in [6, 6.07) is 11.2. The number of nitrogens with zero attached hydrogens (tertiary/aromatic N) is 4. The number of aromatic nitrogens is 1. The van der Waals surface area contributed by atoms with Crippen molar-refractivity contribution in [3.05, 3.63) is 58.8 Å². The molecule has 0 radical (unpaired) electrons. The summed E-state index contributed by atoms with van der Waals surface area (Å²) in [7, 11) is 0. The number of hydrogen-bond acceptors (Lipinski definition) is 5. The van der Waals surface area contributed by atoms with E-state index < -0.39 is 0 Å². The van der Waals surface area contributed by atoms with Gasteiger partial charge in [-0.25, -0.2) is 4.98 Å². The normalized spacial score (nSPS) is 20.1. The summed E-state index contributed by atoms with van der Waals surface area (Å²) in [6.07, 6.45) is 5.96. The molecule has 0 spiro atoms. The fraction of sp³-hybridized carbons (Fsp3) is 0.478. The Morgan fingerprint density at radius 1 is 0.929 bits per heavy atom. The molecule has 2 saturated heterocycles. The van der Waals surface area contributed by atoms with Crippen molar-refractivity contribution in [2.45, 2.75) is 32.4 Å². The van der Waals surface area contributed by atoms with E-state index in [0.717, 1.165) is 50.9 Å². The number of fused-ring (bicyclic) bond motifs is 1. The van der Waals surface area contributed by atoms with Crippen LogP contribution in [0, 0.1) is 0 Å². The maximum absolute atomic E-state index is 5.48. The molecule has 2 fully saturated rings. The highest BCUT2D eigenvalue weighted by Crippen LogP contribution is 2.27. The van der Waals surface area contributed by atoms with Gasteiger partial charge in [-0.3, -0.25) is 9.89 Å². The number of piperidine rings is 1. The van der Waals surface area contributed by atoms with Crippen LogP contribution in [0.25, 0.3) is 0 Å². The van der Waals surface area contributed by atoms with E-state index in [-0.39, 0.29) is 0 Å². The van der Waals surface area contributed by atoms with Gasteiger partial charge in [-0.05, 0) is 55.3 Å². The van der Waals surface area contributed by atoms with Crippen molar-refractivity contribution in [3.63, 3.8) is 0 Å². The molecule has 1 aromatic carbocycles. The minimum absolute atomic E-state index is 0.773. The highest BCUT2D eigenvalue weighted by atomic mass is 16.5. The summed E-state index contributed by atoms with van der Waals surface area (Å²) in [5.41, 5.74) is 6.33. The molecule has 4 heterocycles. The lowest BCUT2D eigenvalue weighted by atomic mass is 9.98. The van der Waals surface area contributed by atoms with E-state index in [1.54, 1.807) is 0 Å². The first-order chi connectivity index (χ1) is 13.9. The van der Waals surface area contributed by atoms with Crippen LogP contribution in [0.3, 0.4) is 0 Å². The van der Waals surface area contributed by atoms with Crippen LogP contribution in [0.4, 0.5) is 5.82 Å². The van der Waals surface area contributed by atoms with Gasteiger partial charge in [0.15, 0.2) is 0 Å². The van der Waals surface area contributed by atoms with E-state index in [2.05, 4.69) is 45.1 Å². The fourth-order valence-electron chi connectivity index (χ4n) is 4.48. The second kappa shape index (κ2) is 8.02. The highest BCUT2D eigenvalue weighted by molar-refractivity contribution is 6.15. The molecule has 5 nitrogen and oxygen atoms in total. The van der Waals surface area contributed by atoms with E-state index in [9.17, 15) is 0 Å². The van der Waals surface area contributed by atoms with Gasteiger partial charge in [0.1, 0.15) is 5.82 Å². The van der Waals surface area contributed by atoms with Gasteiger partial charge in [0, 0.05) is 37.0 Å². The lowest BCUT2D eigenvalue weighted by molar-refractivity contribution is 0.122. The summed E-state index contributed by atoms with van der Waals surface area (Å²) in [4.78, 5) is 14.4. The molecule has 0 N–H and O–H groups in total. The molecular weight excluding hydrogens is 348 g/mol. The monoisotopic (exact) mass is 376 g/mol. The van der Waals surface area contributed by atoms with E-state index in [0.29, 0.717) is 0 Å². The third-order valence-electron chi connectivity index (χ3n) is 6.05.